The molecule has 3 aromatic rings. The van der Waals surface area contributed by atoms with E-state index in [1.807, 2.05) is 6.07 Å². The van der Waals surface area contributed by atoms with Gasteiger partial charge in [0.1, 0.15) is 18.6 Å². The van der Waals surface area contributed by atoms with E-state index >= 15 is 0 Å². The Balaban J connectivity index is 1.60. The minimum atomic E-state index is 0.675. The molecule has 0 amide bonds. The highest BCUT2D eigenvalue weighted by atomic mass is 16.5. The Morgan fingerprint density at radius 3 is 2.58 bits per heavy atom. The van der Waals surface area contributed by atoms with Crippen molar-refractivity contribution < 1.29 is 4.74 Å². The van der Waals surface area contributed by atoms with Crippen molar-refractivity contribution in [3.63, 3.8) is 0 Å². The van der Waals surface area contributed by atoms with Gasteiger partial charge in [0.2, 0.25) is 5.88 Å². The minimum Gasteiger partial charge on any atom is -0.476 e. The summed E-state index contributed by atoms with van der Waals surface area (Å²) in [6, 6.07) is 10.5. The first-order valence-electron chi connectivity index (χ1n) is 9.43. The van der Waals surface area contributed by atoms with Gasteiger partial charge in [-0.2, -0.15) is 0 Å². The highest BCUT2D eigenvalue weighted by Gasteiger charge is 2.18. The monoisotopic (exact) mass is 350 g/mol. The molecule has 0 saturated carbocycles. The number of benzene rings is 1. The summed E-state index contributed by atoms with van der Waals surface area (Å²) in [5.74, 6) is 0.710. The number of aromatic nitrogens is 3. The zero-order valence-electron chi connectivity index (χ0n) is 15.6. The summed E-state index contributed by atoms with van der Waals surface area (Å²) in [4.78, 5) is 11.5. The lowest BCUT2D eigenvalue weighted by Gasteiger charge is -2.14. The van der Waals surface area contributed by atoms with Gasteiger partial charge in [0.15, 0.2) is 0 Å². The van der Waals surface area contributed by atoms with E-state index in [0.29, 0.717) is 12.5 Å². The molecule has 0 unspecified atom stereocenters. The highest BCUT2D eigenvalue weighted by molar-refractivity contribution is 5.86. The van der Waals surface area contributed by atoms with E-state index in [1.54, 1.807) is 6.33 Å². The van der Waals surface area contributed by atoms with Gasteiger partial charge >= 0.3 is 0 Å². The van der Waals surface area contributed by atoms with E-state index in [-0.39, 0.29) is 0 Å². The van der Waals surface area contributed by atoms with E-state index in [2.05, 4.69) is 57.5 Å². The Morgan fingerprint density at radius 1 is 1.04 bits per heavy atom. The lowest BCUT2D eigenvalue weighted by atomic mass is 10.2. The van der Waals surface area contributed by atoms with Gasteiger partial charge < -0.3 is 9.30 Å². The van der Waals surface area contributed by atoms with Crippen LogP contribution in [0.1, 0.15) is 29.7 Å². The Bertz CT molecular complexity index is 882. The number of nitrogens with zero attached hydrogens (tertiary/aromatic N) is 4. The molecule has 1 saturated heterocycles. The molecule has 0 N–H and O–H groups in total. The summed E-state index contributed by atoms with van der Waals surface area (Å²) in [7, 11) is 0. The fourth-order valence-corrected chi connectivity index (χ4v) is 3.78. The zero-order valence-corrected chi connectivity index (χ0v) is 15.6. The van der Waals surface area contributed by atoms with Crippen molar-refractivity contribution >= 4 is 11.0 Å². The summed E-state index contributed by atoms with van der Waals surface area (Å²) in [6.45, 7) is 9.11. The molecule has 136 valence electrons. The van der Waals surface area contributed by atoms with E-state index in [4.69, 9.17) is 4.74 Å². The number of hydrogen-bond donors (Lipinski definition) is 0. The van der Waals surface area contributed by atoms with Gasteiger partial charge in [0.25, 0.3) is 0 Å². The van der Waals surface area contributed by atoms with Crippen molar-refractivity contribution in [3.05, 3.63) is 53.5 Å². The summed E-state index contributed by atoms with van der Waals surface area (Å²) >= 11 is 0. The number of ether oxygens (including phenoxy) is 1. The van der Waals surface area contributed by atoms with E-state index < -0.39 is 0 Å². The molecule has 5 heteroatoms. The number of fused-ring (bicyclic) bond motifs is 1. The van der Waals surface area contributed by atoms with Crippen molar-refractivity contribution in [1.82, 2.24) is 19.4 Å². The van der Waals surface area contributed by atoms with Crippen molar-refractivity contribution in [1.29, 1.82) is 0 Å². The average molecular weight is 350 g/mol. The van der Waals surface area contributed by atoms with Crippen LogP contribution in [0.3, 0.4) is 0 Å². The van der Waals surface area contributed by atoms with Crippen molar-refractivity contribution in [3.8, 4) is 5.88 Å². The van der Waals surface area contributed by atoms with Crippen LogP contribution in [0, 0.1) is 13.8 Å². The molecule has 1 aliphatic rings. The molecule has 1 aromatic carbocycles. The number of likely N-dealkylation sites (tertiary alicyclic amines) is 1. The van der Waals surface area contributed by atoms with Gasteiger partial charge in [-0.25, -0.2) is 9.97 Å². The molecule has 0 bridgehead atoms. The molecule has 0 aliphatic carbocycles. The SMILES string of the molecule is Cc1c(C)n(Cc2ccccc2)c2ncnc(OCCN3CCCC3)c12. The number of rotatable bonds is 6. The highest BCUT2D eigenvalue weighted by Crippen LogP contribution is 2.30. The third-order valence-corrected chi connectivity index (χ3v) is 5.40. The maximum Gasteiger partial charge on any atom is 0.226 e. The van der Waals surface area contributed by atoms with Crippen molar-refractivity contribution in [2.24, 2.45) is 0 Å². The number of aryl methyl sites for hydroxylation is 1. The standard InChI is InChI=1S/C21H26N4O/c1-16-17(2)25(14-18-8-4-3-5-9-18)20-19(16)21(23-15-22-20)26-13-12-24-10-6-7-11-24/h3-5,8-9,15H,6-7,10-14H2,1-2H3. The molecule has 4 rings (SSSR count). The normalized spacial score (nSPS) is 15.0. The smallest absolute Gasteiger partial charge is 0.226 e. The lowest BCUT2D eigenvalue weighted by Crippen LogP contribution is -2.25. The second-order valence-corrected chi connectivity index (χ2v) is 7.06. The van der Waals surface area contributed by atoms with Gasteiger partial charge in [-0.1, -0.05) is 30.3 Å². The minimum absolute atomic E-state index is 0.675. The van der Waals surface area contributed by atoms with Crippen LogP contribution in [0.15, 0.2) is 36.7 Å². The summed E-state index contributed by atoms with van der Waals surface area (Å²) < 4.78 is 8.33. The van der Waals surface area contributed by atoms with Crippen LogP contribution < -0.4 is 4.74 Å². The van der Waals surface area contributed by atoms with Crippen LogP contribution in [-0.4, -0.2) is 45.7 Å². The van der Waals surface area contributed by atoms with E-state index in [1.165, 1.54) is 42.8 Å². The Kier molecular flexibility index (Phi) is 4.89. The fourth-order valence-electron chi connectivity index (χ4n) is 3.78. The van der Waals surface area contributed by atoms with Gasteiger partial charge in [-0.05, 0) is 50.9 Å². The van der Waals surface area contributed by atoms with E-state index in [9.17, 15) is 0 Å². The Morgan fingerprint density at radius 2 is 1.81 bits per heavy atom. The maximum absolute atomic E-state index is 6.07. The van der Waals surface area contributed by atoms with Crippen LogP contribution in [0.4, 0.5) is 0 Å². The second kappa shape index (κ2) is 7.46. The average Bonchev–Trinajstić information content (AvgIpc) is 3.26. The first kappa shape index (κ1) is 17.0. The molecule has 1 aliphatic heterocycles. The van der Waals surface area contributed by atoms with Gasteiger partial charge in [0, 0.05) is 18.8 Å². The predicted molar refractivity (Wildman–Crippen MR) is 104 cm³/mol. The zero-order chi connectivity index (χ0) is 17.9. The predicted octanol–water partition coefficient (Wildman–Crippen LogP) is 3.57. The van der Waals surface area contributed by atoms with Crippen LogP contribution in [-0.2, 0) is 6.54 Å². The topological polar surface area (TPSA) is 43.2 Å². The van der Waals surface area contributed by atoms with Gasteiger partial charge in [-0.3, -0.25) is 4.90 Å². The third kappa shape index (κ3) is 3.31. The molecule has 26 heavy (non-hydrogen) atoms. The van der Waals surface area contributed by atoms with Crippen LogP contribution >= 0.6 is 0 Å². The third-order valence-electron chi connectivity index (χ3n) is 5.40. The first-order chi connectivity index (χ1) is 12.7. The van der Waals surface area contributed by atoms with Gasteiger partial charge in [0.05, 0.1) is 5.39 Å². The van der Waals surface area contributed by atoms with Crippen LogP contribution in [0.2, 0.25) is 0 Å². The Hall–Kier alpha value is -2.40. The molecule has 2 aromatic heterocycles. The molecule has 0 spiro atoms. The molecule has 3 heterocycles. The van der Waals surface area contributed by atoms with Crippen molar-refractivity contribution in [2.45, 2.75) is 33.2 Å². The molecular weight excluding hydrogens is 324 g/mol. The fraction of sp³-hybridized carbons (Fsp3) is 0.429. The summed E-state index contributed by atoms with van der Waals surface area (Å²) in [5, 5.41) is 1.04. The molecule has 1 fully saturated rings. The van der Waals surface area contributed by atoms with E-state index in [0.717, 1.165) is 24.1 Å². The molecule has 0 radical (unpaired) electrons. The van der Waals surface area contributed by atoms with Crippen molar-refractivity contribution in [2.75, 3.05) is 26.2 Å². The lowest BCUT2D eigenvalue weighted by molar-refractivity contribution is 0.234. The molecule has 0 atom stereocenters. The van der Waals surface area contributed by atoms with Gasteiger partial charge in [-0.15, -0.1) is 0 Å². The largest absolute Gasteiger partial charge is 0.476 e. The summed E-state index contributed by atoms with van der Waals surface area (Å²) in [5.41, 5.74) is 4.64. The molecular formula is C21H26N4O. The number of hydrogen-bond acceptors (Lipinski definition) is 4. The first-order valence-corrected chi connectivity index (χ1v) is 9.43. The Labute approximate surface area is 154 Å². The maximum atomic E-state index is 6.07. The molecule has 5 nitrogen and oxygen atoms in total. The summed E-state index contributed by atoms with van der Waals surface area (Å²) in [6.07, 6.45) is 4.23. The van der Waals surface area contributed by atoms with Crippen LogP contribution in [0.25, 0.3) is 11.0 Å². The second-order valence-electron chi connectivity index (χ2n) is 7.06. The quantitative estimate of drug-likeness (QED) is 0.682. The van der Waals surface area contributed by atoms with Crippen LogP contribution in [0.5, 0.6) is 5.88 Å².